The molecule has 0 aliphatic carbocycles. The SMILES string of the molecule is O=[N+]([O-])c1ccccc1Oc1ncccn1. The van der Waals surface area contributed by atoms with Crippen LogP contribution in [0.2, 0.25) is 0 Å². The monoisotopic (exact) mass is 217 g/mol. The summed E-state index contributed by atoms with van der Waals surface area (Å²) in [6.45, 7) is 0. The van der Waals surface area contributed by atoms with Crippen LogP contribution in [0.5, 0.6) is 11.8 Å². The second-order valence-corrected chi connectivity index (χ2v) is 2.86. The fourth-order valence-corrected chi connectivity index (χ4v) is 1.13. The van der Waals surface area contributed by atoms with E-state index >= 15 is 0 Å². The number of hydrogen-bond acceptors (Lipinski definition) is 5. The molecule has 0 spiro atoms. The summed E-state index contributed by atoms with van der Waals surface area (Å²) < 4.78 is 5.21. The molecule has 0 bridgehead atoms. The highest BCUT2D eigenvalue weighted by atomic mass is 16.6. The Labute approximate surface area is 90.7 Å². The van der Waals surface area contributed by atoms with Gasteiger partial charge in [-0.05, 0) is 12.1 Å². The summed E-state index contributed by atoms with van der Waals surface area (Å²) in [6, 6.07) is 7.78. The van der Waals surface area contributed by atoms with Gasteiger partial charge in [0, 0.05) is 18.5 Å². The van der Waals surface area contributed by atoms with E-state index in [2.05, 4.69) is 9.97 Å². The quantitative estimate of drug-likeness (QED) is 0.581. The van der Waals surface area contributed by atoms with Crippen molar-refractivity contribution >= 4 is 5.69 Å². The summed E-state index contributed by atoms with van der Waals surface area (Å²) in [4.78, 5) is 17.8. The zero-order valence-corrected chi connectivity index (χ0v) is 8.11. The Hall–Kier alpha value is -2.50. The largest absolute Gasteiger partial charge is 0.417 e. The van der Waals surface area contributed by atoms with Crippen LogP contribution in [0.3, 0.4) is 0 Å². The lowest BCUT2D eigenvalue weighted by molar-refractivity contribution is -0.385. The molecule has 0 saturated carbocycles. The molecular formula is C10H7N3O3. The van der Waals surface area contributed by atoms with E-state index in [-0.39, 0.29) is 17.4 Å². The van der Waals surface area contributed by atoms with Crippen LogP contribution >= 0.6 is 0 Å². The van der Waals surface area contributed by atoms with E-state index in [1.165, 1.54) is 24.5 Å². The molecule has 2 aromatic rings. The molecule has 0 unspecified atom stereocenters. The summed E-state index contributed by atoms with van der Waals surface area (Å²) in [5.74, 6) is 0.124. The standard InChI is InChI=1S/C10H7N3O3/c14-13(15)8-4-1-2-5-9(8)16-10-11-6-3-7-12-10/h1-7H. The van der Waals surface area contributed by atoms with E-state index in [9.17, 15) is 10.1 Å². The third kappa shape index (κ3) is 2.11. The average Bonchev–Trinajstić information content (AvgIpc) is 2.31. The van der Waals surface area contributed by atoms with Gasteiger partial charge in [-0.1, -0.05) is 12.1 Å². The molecule has 16 heavy (non-hydrogen) atoms. The Bertz CT molecular complexity index is 502. The number of hydrogen-bond donors (Lipinski definition) is 0. The van der Waals surface area contributed by atoms with Gasteiger partial charge in [0.25, 0.3) is 0 Å². The van der Waals surface area contributed by atoms with E-state index in [4.69, 9.17) is 4.74 Å². The van der Waals surface area contributed by atoms with Gasteiger partial charge in [-0.25, -0.2) is 9.97 Å². The molecule has 0 atom stereocenters. The lowest BCUT2D eigenvalue weighted by Crippen LogP contribution is -1.95. The maximum atomic E-state index is 10.7. The normalized spacial score (nSPS) is 9.75. The fourth-order valence-electron chi connectivity index (χ4n) is 1.13. The molecule has 6 nitrogen and oxygen atoms in total. The first-order valence-electron chi connectivity index (χ1n) is 4.45. The van der Waals surface area contributed by atoms with Crippen LogP contribution in [-0.4, -0.2) is 14.9 Å². The van der Waals surface area contributed by atoms with Crippen molar-refractivity contribution < 1.29 is 9.66 Å². The Morgan fingerprint density at radius 2 is 1.81 bits per heavy atom. The molecule has 1 aromatic carbocycles. The first-order valence-corrected chi connectivity index (χ1v) is 4.45. The van der Waals surface area contributed by atoms with Crippen molar-refractivity contribution in [1.82, 2.24) is 9.97 Å². The molecular weight excluding hydrogens is 210 g/mol. The molecule has 0 radical (unpaired) electrons. The van der Waals surface area contributed by atoms with Crippen molar-refractivity contribution in [1.29, 1.82) is 0 Å². The molecule has 0 aliphatic rings. The molecule has 0 aliphatic heterocycles. The second-order valence-electron chi connectivity index (χ2n) is 2.86. The van der Waals surface area contributed by atoms with Crippen LogP contribution in [0.4, 0.5) is 5.69 Å². The van der Waals surface area contributed by atoms with E-state index < -0.39 is 4.92 Å². The predicted octanol–water partition coefficient (Wildman–Crippen LogP) is 2.18. The molecule has 2 rings (SSSR count). The molecule has 0 saturated heterocycles. The summed E-state index contributed by atoms with van der Waals surface area (Å²) in [5, 5.41) is 10.7. The summed E-state index contributed by atoms with van der Waals surface area (Å²) in [5.41, 5.74) is -0.116. The molecule has 1 aromatic heterocycles. The van der Waals surface area contributed by atoms with Crippen LogP contribution in [0.1, 0.15) is 0 Å². The van der Waals surface area contributed by atoms with E-state index in [1.807, 2.05) is 0 Å². The third-order valence-electron chi connectivity index (χ3n) is 1.81. The zero-order chi connectivity index (χ0) is 11.4. The van der Waals surface area contributed by atoms with Crippen molar-refractivity contribution in [2.45, 2.75) is 0 Å². The zero-order valence-electron chi connectivity index (χ0n) is 8.11. The van der Waals surface area contributed by atoms with Crippen LogP contribution in [0.25, 0.3) is 0 Å². The highest BCUT2D eigenvalue weighted by molar-refractivity contribution is 5.46. The van der Waals surface area contributed by atoms with Crippen molar-refractivity contribution in [2.24, 2.45) is 0 Å². The van der Waals surface area contributed by atoms with Gasteiger partial charge in [-0.15, -0.1) is 0 Å². The molecule has 80 valence electrons. The minimum absolute atomic E-state index is 0.0804. The summed E-state index contributed by atoms with van der Waals surface area (Å²) in [6.07, 6.45) is 2.99. The van der Waals surface area contributed by atoms with Gasteiger partial charge in [-0.2, -0.15) is 0 Å². The van der Waals surface area contributed by atoms with Gasteiger partial charge in [0.05, 0.1) is 4.92 Å². The number of nitro benzene ring substituents is 1. The summed E-state index contributed by atoms with van der Waals surface area (Å²) in [7, 11) is 0. The van der Waals surface area contributed by atoms with Crippen molar-refractivity contribution in [2.75, 3.05) is 0 Å². The van der Waals surface area contributed by atoms with Gasteiger partial charge in [0.2, 0.25) is 5.75 Å². The van der Waals surface area contributed by atoms with Crippen LogP contribution in [-0.2, 0) is 0 Å². The number of rotatable bonds is 3. The Morgan fingerprint density at radius 3 is 2.50 bits per heavy atom. The average molecular weight is 217 g/mol. The first kappa shape index (κ1) is 10.0. The highest BCUT2D eigenvalue weighted by Crippen LogP contribution is 2.28. The highest BCUT2D eigenvalue weighted by Gasteiger charge is 2.14. The Balaban J connectivity index is 2.31. The molecule has 1 heterocycles. The van der Waals surface area contributed by atoms with Crippen molar-refractivity contribution in [3.05, 3.63) is 52.8 Å². The third-order valence-corrected chi connectivity index (χ3v) is 1.81. The second kappa shape index (κ2) is 4.35. The lowest BCUT2D eigenvalue weighted by Gasteiger charge is -2.02. The molecule has 0 fully saturated rings. The minimum Gasteiger partial charge on any atom is -0.417 e. The van der Waals surface area contributed by atoms with Gasteiger partial charge in [0.15, 0.2) is 0 Å². The number of aromatic nitrogens is 2. The number of benzene rings is 1. The van der Waals surface area contributed by atoms with E-state index in [1.54, 1.807) is 18.2 Å². The summed E-state index contributed by atoms with van der Waals surface area (Å²) >= 11 is 0. The number of para-hydroxylation sites is 2. The van der Waals surface area contributed by atoms with Gasteiger partial charge >= 0.3 is 11.7 Å². The molecule has 0 amide bonds. The van der Waals surface area contributed by atoms with Crippen molar-refractivity contribution in [3.8, 4) is 11.8 Å². The maximum Gasteiger partial charge on any atom is 0.322 e. The van der Waals surface area contributed by atoms with Crippen LogP contribution in [0, 0.1) is 10.1 Å². The van der Waals surface area contributed by atoms with Crippen molar-refractivity contribution in [3.63, 3.8) is 0 Å². The fraction of sp³-hybridized carbons (Fsp3) is 0. The van der Waals surface area contributed by atoms with Crippen LogP contribution in [0.15, 0.2) is 42.7 Å². The smallest absolute Gasteiger partial charge is 0.322 e. The predicted molar refractivity (Wildman–Crippen MR) is 55.2 cm³/mol. The maximum absolute atomic E-state index is 10.7. The Morgan fingerprint density at radius 1 is 1.12 bits per heavy atom. The number of nitrogens with zero attached hydrogens (tertiary/aromatic N) is 3. The van der Waals surface area contributed by atoms with Gasteiger partial charge in [0.1, 0.15) is 0 Å². The van der Waals surface area contributed by atoms with E-state index in [0.717, 1.165) is 0 Å². The topological polar surface area (TPSA) is 78.2 Å². The molecule has 0 N–H and O–H groups in total. The van der Waals surface area contributed by atoms with E-state index in [0.29, 0.717) is 0 Å². The van der Waals surface area contributed by atoms with Crippen LogP contribution < -0.4 is 4.74 Å². The van der Waals surface area contributed by atoms with Gasteiger partial charge < -0.3 is 4.74 Å². The Kier molecular flexibility index (Phi) is 2.73. The molecule has 6 heteroatoms. The lowest BCUT2D eigenvalue weighted by atomic mass is 10.3. The number of ether oxygens (including phenoxy) is 1. The number of nitro groups is 1. The van der Waals surface area contributed by atoms with Gasteiger partial charge in [-0.3, -0.25) is 10.1 Å². The minimum atomic E-state index is -0.516. The first-order chi connectivity index (χ1) is 7.77.